The van der Waals surface area contributed by atoms with Crippen molar-refractivity contribution in [3.05, 3.63) is 41.7 Å². The summed E-state index contributed by atoms with van der Waals surface area (Å²) in [6.45, 7) is 2.12. The molecule has 0 saturated carbocycles. The zero-order valence-electron chi connectivity index (χ0n) is 10.3. The SMILES string of the molecule is CCc1ccc(-c2cn[nH]c2CCC(=O)O)cc1. The van der Waals surface area contributed by atoms with Crippen LogP contribution < -0.4 is 0 Å². The van der Waals surface area contributed by atoms with Crippen molar-refractivity contribution < 1.29 is 9.90 Å². The van der Waals surface area contributed by atoms with Crippen LogP contribution in [0.3, 0.4) is 0 Å². The van der Waals surface area contributed by atoms with Crippen LogP contribution in [0.25, 0.3) is 11.1 Å². The van der Waals surface area contributed by atoms with Crippen LogP contribution in [0.2, 0.25) is 0 Å². The molecule has 0 saturated heterocycles. The number of hydrogen-bond donors (Lipinski definition) is 2. The third kappa shape index (κ3) is 2.77. The molecule has 2 rings (SSSR count). The molecule has 0 aliphatic carbocycles. The van der Waals surface area contributed by atoms with Crippen LogP contribution >= 0.6 is 0 Å². The molecule has 0 unspecified atom stereocenters. The summed E-state index contributed by atoms with van der Waals surface area (Å²) in [6.07, 6.45) is 3.35. The molecule has 0 aliphatic heterocycles. The number of carboxylic acids is 1. The van der Waals surface area contributed by atoms with Crippen molar-refractivity contribution in [3.63, 3.8) is 0 Å². The number of rotatable bonds is 5. The number of aliphatic carboxylic acids is 1. The van der Waals surface area contributed by atoms with Gasteiger partial charge in [-0.05, 0) is 17.5 Å². The number of aromatic nitrogens is 2. The molecule has 1 aromatic carbocycles. The first-order chi connectivity index (χ1) is 8.70. The molecule has 0 fully saturated rings. The van der Waals surface area contributed by atoms with Gasteiger partial charge in [0.2, 0.25) is 0 Å². The fourth-order valence-electron chi connectivity index (χ4n) is 1.90. The van der Waals surface area contributed by atoms with Crippen molar-refractivity contribution in [1.82, 2.24) is 10.2 Å². The fourth-order valence-corrected chi connectivity index (χ4v) is 1.90. The average Bonchev–Trinajstić information content (AvgIpc) is 2.85. The van der Waals surface area contributed by atoms with Crippen LogP contribution in [0.5, 0.6) is 0 Å². The summed E-state index contributed by atoms with van der Waals surface area (Å²) >= 11 is 0. The molecule has 4 nitrogen and oxygen atoms in total. The molecule has 1 aromatic heterocycles. The third-order valence-corrected chi connectivity index (χ3v) is 2.98. The zero-order chi connectivity index (χ0) is 13.0. The van der Waals surface area contributed by atoms with Crippen molar-refractivity contribution in [1.29, 1.82) is 0 Å². The summed E-state index contributed by atoms with van der Waals surface area (Å²) in [4.78, 5) is 10.6. The van der Waals surface area contributed by atoms with E-state index in [4.69, 9.17) is 5.11 Å². The topological polar surface area (TPSA) is 66.0 Å². The highest BCUT2D eigenvalue weighted by molar-refractivity contribution is 5.69. The van der Waals surface area contributed by atoms with E-state index in [1.54, 1.807) is 6.20 Å². The van der Waals surface area contributed by atoms with Crippen molar-refractivity contribution >= 4 is 5.97 Å². The highest BCUT2D eigenvalue weighted by atomic mass is 16.4. The summed E-state index contributed by atoms with van der Waals surface area (Å²) in [5.74, 6) is -0.795. The zero-order valence-corrected chi connectivity index (χ0v) is 10.3. The van der Waals surface area contributed by atoms with Gasteiger partial charge < -0.3 is 5.11 Å². The number of nitrogens with one attached hydrogen (secondary N) is 1. The lowest BCUT2D eigenvalue weighted by molar-refractivity contribution is -0.136. The normalized spacial score (nSPS) is 10.5. The molecule has 0 bridgehead atoms. The number of carboxylic acid groups (broad SMARTS) is 1. The molecule has 18 heavy (non-hydrogen) atoms. The molecular weight excluding hydrogens is 228 g/mol. The van der Waals surface area contributed by atoms with Crippen LogP contribution in [0.4, 0.5) is 0 Å². The summed E-state index contributed by atoms with van der Waals surface area (Å²) < 4.78 is 0. The van der Waals surface area contributed by atoms with E-state index in [1.807, 2.05) is 12.1 Å². The van der Waals surface area contributed by atoms with Crippen molar-refractivity contribution in [2.45, 2.75) is 26.2 Å². The fraction of sp³-hybridized carbons (Fsp3) is 0.286. The van der Waals surface area contributed by atoms with E-state index in [1.165, 1.54) is 5.56 Å². The van der Waals surface area contributed by atoms with Gasteiger partial charge in [-0.1, -0.05) is 31.2 Å². The molecular formula is C14H16N2O2. The standard InChI is InChI=1S/C14H16N2O2/c1-2-10-3-5-11(6-4-10)12-9-15-16-13(12)7-8-14(17)18/h3-6,9H,2,7-8H2,1H3,(H,15,16)(H,17,18). The molecule has 4 heteroatoms. The van der Waals surface area contributed by atoms with E-state index in [0.717, 1.165) is 23.2 Å². The van der Waals surface area contributed by atoms with Gasteiger partial charge in [-0.25, -0.2) is 0 Å². The quantitative estimate of drug-likeness (QED) is 0.849. The second-order valence-electron chi connectivity index (χ2n) is 4.21. The van der Waals surface area contributed by atoms with Crippen molar-refractivity contribution in [3.8, 4) is 11.1 Å². The lowest BCUT2D eigenvalue weighted by Gasteiger charge is -2.03. The first-order valence-electron chi connectivity index (χ1n) is 6.04. The summed E-state index contributed by atoms with van der Waals surface area (Å²) in [7, 11) is 0. The maximum Gasteiger partial charge on any atom is 0.303 e. The van der Waals surface area contributed by atoms with Gasteiger partial charge in [0.15, 0.2) is 0 Å². The third-order valence-electron chi connectivity index (χ3n) is 2.98. The first kappa shape index (κ1) is 12.4. The minimum absolute atomic E-state index is 0.113. The minimum atomic E-state index is -0.795. The number of benzene rings is 1. The number of nitrogens with zero attached hydrogens (tertiary/aromatic N) is 1. The molecule has 0 amide bonds. The van der Waals surface area contributed by atoms with E-state index in [2.05, 4.69) is 29.3 Å². The largest absolute Gasteiger partial charge is 0.481 e. The molecule has 0 atom stereocenters. The first-order valence-corrected chi connectivity index (χ1v) is 6.04. The van der Waals surface area contributed by atoms with Crippen LogP contribution in [0.15, 0.2) is 30.5 Å². The Balaban J connectivity index is 2.21. The van der Waals surface area contributed by atoms with Gasteiger partial charge >= 0.3 is 5.97 Å². The van der Waals surface area contributed by atoms with Crippen LogP contribution in [0.1, 0.15) is 24.6 Å². The molecule has 1 heterocycles. The Morgan fingerprint density at radius 1 is 1.33 bits per heavy atom. The Labute approximate surface area is 106 Å². The Morgan fingerprint density at radius 2 is 2.06 bits per heavy atom. The monoisotopic (exact) mass is 244 g/mol. The smallest absolute Gasteiger partial charge is 0.303 e. The van der Waals surface area contributed by atoms with Crippen molar-refractivity contribution in [2.75, 3.05) is 0 Å². The van der Waals surface area contributed by atoms with Crippen molar-refractivity contribution in [2.24, 2.45) is 0 Å². The second kappa shape index (κ2) is 5.49. The van der Waals surface area contributed by atoms with Gasteiger partial charge in [0, 0.05) is 17.7 Å². The maximum absolute atomic E-state index is 10.6. The maximum atomic E-state index is 10.6. The van der Waals surface area contributed by atoms with Gasteiger partial charge in [-0.15, -0.1) is 0 Å². The van der Waals surface area contributed by atoms with Crippen LogP contribution in [-0.4, -0.2) is 21.3 Å². The number of aromatic amines is 1. The van der Waals surface area contributed by atoms with Gasteiger partial charge in [0.1, 0.15) is 0 Å². The minimum Gasteiger partial charge on any atom is -0.481 e. The Bertz CT molecular complexity index is 529. The number of aryl methyl sites for hydroxylation is 2. The van der Waals surface area contributed by atoms with Gasteiger partial charge in [0.25, 0.3) is 0 Å². The average molecular weight is 244 g/mol. The summed E-state index contributed by atoms with van der Waals surface area (Å²) in [5, 5.41) is 15.6. The van der Waals surface area contributed by atoms with Crippen LogP contribution in [0, 0.1) is 0 Å². The number of carbonyl (C=O) groups is 1. The van der Waals surface area contributed by atoms with E-state index < -0.39 is 5.97 Å². The lowest BCUT2D eigenvalue weighted by Crippen LogP contribution is -1.98. The van der Waals surface area contributed by atoms with Crippen LogP contribution in [-0.2, 0) is 17.6 Å². The highest BCUT2D eigenvalue weighted by Crippen LogP contribution is 2.23. The lowest BCUT2D eigenvalue weighted by atomic mass is 10.0. The predicted molar refractivity (Wildman–Crippen MR) is 69.4 cm³/mol. The van der Waals surface area contributed by atoms with Gasteiger partial charge in [-0.2, -0.15) is 5.10 Å². The highest BCUT2D eigenvalue weighted by Gasteiger charge is 2.09. The molecule has 0 radical (unpaired) electrons. The molecule has 2 aromatic rings. The molecule has 2 N–H and O–H groups in total. The second-order valence-corrected chi connectivity index (χ2v) is 4.21. The predicted octanol–water partition coefficient (Wildman–Crippen LogP) is 2.66. The van der Waals surface area contributed by atoms with E-state index in [9.17, 15) is 4.79 Å². The number of hydrogen-bond acceptors (Lipinski definition) is 2. The van der Waals surface area contributed by atoms with E-state index in [0.29, 0.717) is 6.42 Å². The molecule has 94 valence electrons. The molecule has 0 aliphatic rings. The van der Waals surface area contributed by atoms with E-state index >= 15 is 0 Å². The Morgan fingerprint density at radius 3 is 2.67 bits per heavy atom. The van der Waals surface area contributed by atoms with Gasteiger partial charge in [-0.3, -0.25) is 9.89 Å². The summed E-state index contributed by atoms with van der Waals surface area (Å²) in [5.41, 5.74) is 4.22. The van der Waals surface area contributed by atoms with E-state index in [-0.39, 0.29) is 6.42 Å². The number of H-pyrrole nitrogens is 1. The Kier molecular flexibility index (Phi) is 3.77. The summed E-state index contributed by atoms with van der Waals surface area (Å²) in [6, 6.07) is 8.27. The Hall–Kier alpha value is -2.10. The van der Waals surface area contributed by atoms with Gasteiger partial charge in [0.05, 0.1) is 12.6 Å². The molecule has 0 spiro atoms.